The van der Waals surface area contributed by atoms with Crippen LogP contribution in [0.15, 0.2) is 42.5 Å². The first-order valence-electron chi connectivity index (χ1n) is 9.49. The highest BCUT2D eigenvalue weighted by atomic mass is 16.5. The van der Waals surface area contributed by atoms with Gasteiger partial charge in [-0.3, -0.25) is 9.69 Å². The van der Waals surface area contributed by atoms with Gasteiger partial charge in [0.05, 0.1) is 25.3 Å². The first kappa shape index (κ1) is 20.1. The second-order valence-corrected chi connectivity index (χ2v) is 7.27. The van der Waals surface area contributed by atoms with Gasteiger partial charge in [0.25, 0.3) is 0 Å². The molecule has 1 aliphatic rings. The number of aliphatic carboxylic acids is 1. The number of nitrogens with zero attached hydrogens (tertiary/aromatic N) is 2. The van der Waals surface area contributed by atoms with Gasteiger partial charge in [-0.2, -0.15) is 0 Å². The Hall–Kier alpha value is -2.64. The van der Waals surface area contributed by atoms with E-state index in [0.717, 1.165) is 16.3 Å². The zero-order valence-electron chi connectivity index (χ0n) is 16.3. The van der Waals surface area contributed by atoms with Crippen LogP contribution in [0.5, 0.6) is 0 Å². The van der Waals surface area contributed by atoms with E-state index in [1.807, 2.05) is 31.2 Å². The summed E-state index contributed by atoms with van der Waals surface area (Å²) in [5, 5.41) is 14.2. The molecule has 3 rings (SSSR count). The average molecular weight is 385 g/mol. The molecule has 0 saturated carbocycles. The van der Waals surface area contributed by atoms with Gasteiger partial charge in [-0.25, -0.2) is 4.79 Å². The van der Waals surface area contributed by atoms with Crippen LogP contribution in [0.2, 0.25) is 0 Å². The fourth-order valence-corrected chi connectivity index (χ4v) is 3.64. The molecule has 0 aliphatic carbocycles. The molecular weight excluding hydrogens is 358 g/mol. The topological polar surface area (TPSA) is 82.1 Å². The van der Waals surface area contributed by atoms with E-state index in [2.05, 4.69) is 23.5 Å². The van der Waals surface area contributed by atoms with Crippen LogP contribution >= 0.6 is 0 Å². The highest BCUT2D eigenvalue weighted by Crippen LogP contribution is 2.24. The number of likely N-dealkylation sites (N-methyl/N-ethyl adjacent to an activating group) is 1. The molecule has 2 aromatic rings. The van der Waals surface area contributed by atoms with Gasteiger partial charge in [-0.05, 0) is 30.3 Å². The SMILES string of the molecule is CC(NC(=O)N1CCOC(CN(C)CC(=O)O)C1)c1cccc2ccccc12. The summed E-state index contributed by atoms with van der Waals surface area (Å²) < 4.78 is 5.70. The van der Waals surface area contributed by atoms with Gasteiger partial charge in [0, 0.05) is 19.6 Å². The number of rotatable bonds is 6. The van der Waals surface area contributed by atoms with Crippen LogP contribution in [0.1, 0.15) is 18.5 Å². The van der Waals surface area contributed by atoms with Crippen molar-refractivity contribution in [3.05, 3.63) is 48.0 Å². The smallest absolute Gasteiger partial charge is 0.318 e. The first-order valence-corrected chi connectivity index (χ1v) is 9.49. The third-order valence-electron chi connectivity index (χ3n) is 4.98. The zero-order chi connectivity index (χ0) is 20.1. The number of hydrogen-bond donors (Lipinski definition) is 2. The van der Waals surface area contributed by atoms with E-state index in [4.69, 9.17) is 9.84 Å². The summed E-state index contributed by atoms with van der Waals surface area (Å²) in [6.45, 7) is 3.81. The van der Waals surface area contributed by atoms with Crippen molar-refractivity contribution < 1.29 is 19.4 Å². The standard InChI is InChI=1S/C21H27N3O4/c1-15(18-9-5-7-16-6-3-4-8-19(16)18)22-21(27)24-10-11-28-17(13-24)12-23(2)14-20(25)26/h3-9,15,17H,10-14H2,1-2H3,(H,22,27)(H,25,26). The molecule has 1 heterocycles. The van der Waals surface area contributed by atoms with E-state index in [1.165, 1.54) is 0 Å². The predicted molar refractivity (Wildman–Crippen MR) is 107 cm³/mol. The number of fused-ring (bicyclic) bond motifs is 1. The zero-order valence-corrected chi connectivity index (χ0v) is 16.3. The summed E-state index contributed by atoms with van der Waals surface area (Å²) in [4.78, 5) is 27.0. The maximum absolute atomic E-state index is 12.8. The molecule has 0 aromatic heterocycles. The Labute approximate surface area is 164 Å². The number of carbonyl (C=O) groups excluding carboxylic acids is 1. The lowest BCUT2D eigenvalue weighted by atomic mass is 10.00. The van der Waals surface area contributed by atoms with Crippen molar-refractivity contribution in [3.8, 4) is 0 Å². The summed E-state index contributed by atoms with van der Waals surface area (Å²) in [6, 6.07) is 14.0. The van der Waals surface area contributed by atoms with E-state index in [0.29, 0.717) is 26.2 Å². The van der Waals surface area contributed by atoms with Crippen LogP contribution in [-0.2, 0) is 9.53 Å². The molecule has 2 amide bonds. The highest BCUT2D eigenvalue weighted by Gasteiger charge is 2.26. The van der Waals surface area contributed by atoms with Gasteiger partial charge in [0.2, 0.25) is 0 Å². The molecule has 7 nitrogen and oxygen atoms in total. The largest absolute Gasteiger partial charge is 0.480 e. The number of benzene rings is 2. The summed E-state index contributed by atoms with van der Waals surface area (Å²) >= 11 is 0. The van der Waals surface area contributed by atoms with Crippen molar-refractivity contribution >= 4 is 22.8 Å². The number of hydrogen-bond acceptors (Lipinski definition) is 4. The lowest BCUT2D eigenvalue weighted by Crippen LogP contribution is -2.52. The third kappa shape index (κ3) is 4.99. The fourth-order valence-electron chi connectivity index (χ4n) is 3.64. The molecule has 1 saturated heterocycles. The summed E-state index contributed by atoms with van der Waals surface area (Å²) in [6.07, 6.45) is -0.197. The molecule has 28 heavy (non-hydrogen) atoms. The summed E-state index contributed by atoms with van der Waals surface area (Å²) in [7, 11) is 1.74. The highest BCUT2D eigenvalue weighted by molar-refractivity contribution is 5.86. The van der Waals surface area contributed by atoms with E-state index in [1.54, 1.807) is 16.8 Å². The van der Waals surface area contributed by atoms with Crippen molar-refractivity contribution in [3.63, 3.8) is 0 Å². The van der Waals surface area contributed by atoms with Crippen LogP contribution in [0.3, 0.4) is 0 Å². The van der Waals surface area contributed by atoms with Crippen LogP contribution in [0.4, 0.5) is 4.79 Å². The van der Waals surface area contributed by atoms with Crippen LogP contribution < -0.4 is 5.32 Å². The second-order valence-electron chi connectivity index (χ2n) is 7.27. The normalized spacial score (nSPS) is 18.2. The Bertz CT molecular complexity index is 836. The van der Waals surface area contributed by atoms with Crippen LogP contribution in [0.25, 0.3) is 10.8 Å². The predicted octanol–water partition coefficient (Wildman–Crippen LogP) is 2.33. The summed E-state index contributed by atoms with van der Waals surface area (Å²) in [5.74, 6) is -0.878. The molecule has 2 aromatic carbocycles. The van der Waals surface area contributed by atoms with E-state index in [-0.39, 0.29) is 24.7 Å². The molecule has 1 aliphatic heterocycles. The number of nitrogens with one attached hydrogen (secondary N) is 1. The minimum absolute atomic E-state index is 0.0514. The molecule has 2 atom stereocenters. The van der Waals surface area contributed by atoms with E-state index in [9.17, 15) is 9.59 Å². The number of ether oxygens (including phenoxy) is 1. The van der Waals surface area contributed by atoms with Crippen LogP contribution in [0, 0.1) is 0 Å². The van der Waals surface area contributed by atoms with E-state index >= 15 is 0 Å². The number of carboxylic acids is 1. The Balaban J connectivity index is 1.61. The van der Waals surface area contributed by atoms with Crippen molar-refractivity contribution in [1.29, 1.82) is 0 Å². The summed E-state index contributed by atoms with van der Waals surface area (Å²) in [5.41, 5.74) is 1.08. The molecule has 0 radical (unpaired) electrons. The molecule has 7 heteroatoms. The Morgan fingerprint density at radius 3 is 2.82 bits per heavy atom. The maximum Gasteiger partial charge on any atom is 0.318 e. The minimum atomic E-state index is -0.878. The molecule has 150 valence electrons. The molecule has 0 spiro atoms. The molecular formula is C21H27N3O4. The fraction of sp³-hybridized carbons (Fsp3) is 0.429. The van der Waals surface area contributed by atoms with Gasteiger partial charge < -0.3 is 20.1 Å². The number of morpholine rings is 1. The van der Waals surface area contributed by atoms with Crippen molar-refractivity contribution in [2.45, 2.75) is 19.1 Å². The van der Waals surface area contributed by atoms with Crippen LogP contribution in [-0.4, -0.2) is 72.8 Å². The van der Waals surface area contributed by atoms with Gasteiger partial charge in [0.1, 0.15) is 0 Å². The molecule has 0 bridgehead atoms. The minimum Gasteiger partial charge on any atom is -0.480 e. The van der Waals surface area contributed by atoms with Crippen molar-refractivity contribution in [2.75, 3.05) is 39.8 Å². The van der Waals surface area contributed by atoms with Crippen molar-refractivity contribution in [2.24, 2.45) is 0 Å². The van der Waals surface area contributed by atoms with Gasteiger partial charge in [-0.1, -0.05) is 42.5 Å². The second kappa shape index (κ2) is 9.03. The third-order valence-corrected chi connectivity index (χ3v) is 4.98. The molecule has 2 N–H and O–H groups in total. The van der Waals surface area contributed by atoms with Gasteiger partial charge >= 0.3 is 12.0 Å². The van der Waals surface area contributed by atoms with E-state index < -0.39 is 5.97 Å². The number of amides is 2. The Morgan fingerprint density at radius 2 is 2.04 bits per heavy atom. The molecule has 2 unspecified atom stereocenters. The number of carbonyl (C=O) groups is 2. The Kier molecular flexibility index (Phi) is 6.49. The monoisotopic (exact) mass is 385 g/mol. The number of carboxylic acid groups (broad SMARTS) is 1. The van der Waals surface area contributed by atoms with Crippen molar-refractivity contribution in [1.82, 2.24) is 15.1 Å². The van der Waals surface area contributed by atoms with Gasteiger partial charge in [-0.15, -0.1) is 0 Å². The van der Waals surface area contributed by atoms with Gasteiger partial charge in [0.15, 0.2) is 0 Å². The Morgan fingerprint density at radius 1 is 1.29 bits per heavy atom. The quantitative estimate of drug-likeness (QED) is 0.798. The lowest BCUT2D eigenvalue weighted by molar-refractivity contribution is -0.138. The lowest BCUT2D eigenvalue weighted by Gasteiger charge is -2.35. The average Bonchev–Trinajstić information content (AvgIpc) is 2.67. The molecule has 1 fully saturated rings. The first-order chi connectivity index (χ1) is 13.4. The maximum atomic E-state index is 12.8. The number of urea groups is 1.